The molecule has 0 aromatic carbocycles. The SMILES string of the molecule is CC1COC(C)(CCC(=O)O)O1. The van der Waals surface area contributed by atoms with Crippen LogP contribution in [-0.4, -0.2) is 29.6 Å². The van der Waals surface area contributed by atoms with Crippen LogP contribution in [0.2, 0.25) is 0 Å². The molecule has 1 saturated heterocycles. The van der Waals surface area contributed by atoms with Gasteiger partial charge in [0, 0.05) is 6.42 Å². The Labute approximate surface area is 71.5 Å². The molecule has 1 aliphatic heterocycles. The van der Waals surface area contributed by atoms with E-state index in [0.717, 1.165) is 0 Å². The fourth-order valence-corrected chi connectivity index (χ4v) is 1.25. The molecule has 0 amide bonds. The summed E-state index contributed by atoms with van der Waals surface area (Å²) >= 11 is 0. The molecule has 1 fully saturated rings. The fraction of sp³-hybridized carbons (Fsp3) is 0.875. The van der Waals surface area contributed by atoms with E-state index >= 15 is 0 Å². The first kappa shape index (κ1) is 9.48. The minimum Gasteiger partial charge on any atom is -0.481 e. The average Bonchev–Trinajstić information content (AvgIpc) is 2.29. The molecule has 4 nitrogen and oxygen atoms in total. The zero-order valence-electron chi connectivity index (χ0n) is 7.37. The summed E-state index contributed by atoms with van der Waals surface area (Å²) in [6, 6.07) is 0. The van der Waals surface area contributed by atoms with E-state index in [0.29, 0.717) is 13.0 Å². The van der Waals surface area contributed by atoms with Gasteiger partial charge in [-0.1, -0.05) is 0 Å². The van der Waals surface area contributed by atoms with Gasteiger partial charge in [0.2, 0.25) is 0 Å². The van der Waals surface area contributed by atoms with Gasteiger partial charge in [-0.05, 0) is 13.8 Å². The molecule has 2 atom stereocenters. The van der Waals surface area contributed by atoms with E-state index in [-0.39, 0.29) is 12.5 Å². The zero-order chi connectivity index (χ0) is 9.19. The second kappa shape index (κ2) is 3.41. The number of hydrogen-bond donors (Lipinski definition) is 1. The van der Waals surface area contributed by atoms with Crippen LogP contribution in [-0.2, 0) is 14.3 Å². The van der Waals surface area contributed by atoms with Crippen molar-refractivity contribution in [1.82, 2.24) is 0 Å². The minimum atomic E-state index is -0.817. The summed E-state index contributed by atoms with van der Waals surface area (Å²) in [5.74, 6) is -1.50. The Morgan fingerprint density at radius 2 is 2.42 bits per heavy atom. The molecule has 1 N–H and O–H groups in total. The summed E-state index contributed by atoms with van der Waals surface area (Å²) in [6.45, 7) is 4.24. The number of carboxylic acid groups (broad SMARTS) is 1. The number of rotatable bonds is 3. The lowest BCUT2D eigenvalue weighted by atomic mass is 10.2. The molecule has 0 saturated carbocycles. The van der Waals surface area contributed by atoms with E-state index in [1.54, 1.807) is 6.92 Å². The van der Waals surface area contributed by atoms with Gasteiger partial charge in [0.15, 0.2) is 5.79 Å². The Morgan fingerprint density at radius 1 is 1.75 bits per heavy atom. The highest BCUT2D eigenvalue weighted by Gasteiger charge is 2.35. The molecule has 0 aliphatic carbocycles. The van der Waals surface area contributed by atoms with Gasteiger partial charge in [0.1, 0.15) is 0 Å². The predicted octanol–water partition coefficient (Wildman–Crippen LogP) is 1.00. The van der Waals surface area contributed by atoms with Gasteiger partial charge < -0.3 is 14.6 Å². The van der Waals surface area contributed by atoms with Crippen molar-refractivity contribution in [2.45, 2.75) is 38.6 Å². The average molecular weight is 174 g/mol. The van der Waals surface area contributed by atoms with Crippen molar-refractivity contribution in [1.29, 1.82) is 0 Å². The highest BCUT2D eigenvalue weighted by molar-refractivity contribution is 5.66. The quantitative estimate of drug-likeness (QED) is 0.693. The van der Waals surface area contributed by atoms with Crippen LogP contribution in [0.4, 0.5) is 0 Å². The maximum Gasteiger partial charge on any atom is 0.303 e. The van der Waals surface area contributed by atoms with Crippen LogP contribution in [0.15, 0.2) is 0 Å². The molecule has 1 rings (SSSR count). The van der Waals surface area contributed by atoms with Crippen molar-refractivity contribution in [3.63, 3.8) is 0 Å². The standard InChI is InChI=1S/C8H14O4/c1-6-5-11-8(2,12-6)4-3-7(9)10/h6H,3-5H2,1-2H3,(H,9,10). The zero-order valence-corrected chi connectivity index (χ0v) is 7.37. The first-order valence-corrected chi connectivity index (χ1v) is 4.05. The maximum absolute atomic E-state index is 10.3. The van der Waals surface area contributed by atoms with Gasteiger partial charge in [0.25, 0.3) is 0 Å². The molecule has 70 valence electrons. The van der Waals surface area contributed by atoms with Crippen molar-refractivity contribution >= 4 is 5.97 Å². The van der Waals surface area contributed by atoms with Crippen LogP contribution in [0.5, 0.6) is 0 Å². The molecule has 4 heteroatoms. The molecular formula is C8H14O4. The summed E-state index contributed by atoms with van der Waals surface area (Å²) in [5, 5.41) is 8.44. The second-order valence-electron chi connectivity index (χ2n) is 3.27. The van der Waals surface area contributed by atoms with Gasteiger partial charge in [0.05, 0.1) is 19.1 Å². The molecule has 0 bridgehead atoms. The van der Waals surface area contributed by atoms with E-state index in [1.165, 1.54) is 0 Å². The van der Waals surface area contributed by atoms with Gasteiger partial charge in [-0.2, -0.15) is 0 Å². The van der Waals surface area contributed by atoms with E-state index in [4.69, 9.17) is 14.6 Å². The van der Waals surface area contributed by atoms with Crippen LogP contribution in [0.1, 0.15) is 26.7 Å². The van der Waals surface area contributed by atoms with Crippen LogP contribution < -0.4 is 0 Å². The maximum atomic E-state index is 10.3. The second-order valence-corrected chi connectivity index (χ2v) is 3.27. The van der Waals surface area contributed by atoms with Crippen molar-refractivity contribution in [3.05, 3.63) is 0 Å². The summed E-state index contributed by atoms with van der Waals surface area (Å²) in [7, 11) is 0. The Morgan fingerprint density at radius 3 is 2.83 bits per heavy atom. The smallest absolute Gasteiger partial charge is 0.303 e. The normalized spacial score (nSPS) is 35.3. The van der Waals surface area contributed by atoms with Crippen molar-refractivity contribution in [3.8, 4) is 0 Å². The number of ether oxygens (including phenoxy) is 2. The van der Waals surface area contributed by atoms with Crippen LogP contribution >= 0.6 is 0 Å². The van der Waals surface area contributed by atoms with Gasteiger partial charge in [-0.25, -0.2) is 0 Å². The first-order chi connectivity index (χ1) is 5.52. The molecule has 0 spiro atoms. The molecular weight excluding hydrogens is 160 g/mol. The highest BCUT2D eigenvalue weighted by atomic mass is 16.7. The molecule has 1 heterocycles. The lowest BCUT2D eigenvalue weighted by Gasteiger charge is -2.21. The number of carboxylic acids is 1. The fourth-order valence-electron chi connectivity index (χ4n) is 1.25. The van der Waals surface area contributed by atoms with Crippen molar-refractivity contribution in [2.75, 3.05) is 6.61 Å². The molecule has 0 aromatic heterocycles. The third kappa shape index (κ3) is 2.46. The Kier molecular flexibility index (Phi) is 2.69. The van der Waals surface area contributed by atoms with Crippen molar-refractivity contribution < 1.29 is 19.4 Å². The van der Waals surface area contributed by atoms with E-state index in [1.807, 2.05) is 6.92 Å². The highest BCUT2D eigenvalue weighted by Crippen LogP contribution is 2.27. The third-order valence-electron chi connectivity index (χ3n) is 1.87. The third-order valence-corrected chi connectivity index (χ3v) is 1.87. The molecule has 12 heavy (non-hydrogen) atoms. The topological polar surface area (TPSA) is 55.8 Å². The predicted molar refractivity (Wildman–Crippen MR) is 41.8 cm³/mol. The van der Waals surface area contributed by atoms with E-state index in [9.17, 15) is 4.79 Å². The molecule has 2 unspecified atom stereocenters. The van der Waals surface area contributed by atoms with E-state index in [2.05, 4.69) is 0 Å². The molecule has 0 aromatic rings. The number of carbonyl (C=O) groups is 1. The largest absolute Gasteiger partial charge is 0.481 e. The number of aliphatic carboxylic acids is 1. The summed E-state index contributed by atoms with van der Waals surface area (Å²) in [6.07, 6.45) is 0.569. The van der Waals surface area contributed by atoms with Gasteiger partial charge >= 0.3 is 5.97 Å². The minimum absolute atomic E-state index is 0.0730. The van der Waals surface area contributed by atoms with Crippen LogP contribution in [0.3, 0.4) is 0 Å². The summed E-state index contributed by atoms with van der Waals surface area (Å²) in [4.78, 5) is 10.3. The lowest BCUT2D eigenvalue weighted by molar-refractivity contribution is -0.164. The Balaban J connectivity index is 2.35. The monoisotopic (exact) mass is 174 g/mol. The Bertz CT molecular complexity index is 180. The lowest BCUT2D eigenvalue weighted by Crippen LogP contribution is -2.27. The van der Waals surface area contributed by atoms with E-state index < -0.39 is 11.8 Å². The van der Waals surface area contributed by atoms with Gasteiger partial charge in [-0.3, -0.25) is 4.79 Å². The first-order valence-electron chi connectivity index (χ1n) is 4.05. The van der Waals surface area contributed by atoms with Gasteiger partial charge in [-0.15, -0.1) is 0 Å². The molecule has 0 radical (unpaired) electrons. The summed E-state index contributed by atoms with van der Waals surface area (Å²) in [5.41, 5.74) is 0. The molecule has 1 aliphatic rings. The number of hydrogen-bond acceptors (Lipinski definition) is 3. The summed E-state index contributed by atoms with van der Waals surface area (Å²) < 4.78 is 10.7. The van der Waals surface area contributed by atoms with Crippen molar-refractivity contribution in [2.24, 2.45) is 0 Å². The van der Waals surface area contributed by atoms with Crippen LogP contribution in [0.25, 0.3) is 0 Å². The Hall–Kier alpha value is -0.610. The van der Waals surface area contributed by atoms with Crippen LogP contribution in [0, 0.1) is 0 Å².